The summed E-state index contributed by atoms with van der Waals surface area (Å²) in [6, 6.07) is 6.45. The summed E-state index contributed by atoms with van der Waals surface area (Å²) in [5, 5.41) is 8.30. The summed E-state index contributed by atoms with van der Waals surface area (Å²) >= 11 is 1.49. The molecule has 0 saturated heterocycles. The molecular weight excluding hydrogens is 324 g/mol. The largest absolute Gasteiger partial charge is 0.339 e. The molecule has 1 atom stereocenters. The zero-order valence-electron chi connectivity index (χ0n) is 14.1. The molecule has 2 rings (SSSR count). The van der Waals surface area contributed by atoms with Crippen molar-refractivity contribution in [3.05, 3.63) is 46.4 Å². The molecule has 0 radical (unpaired) electrons. The Morgan fingerprint density at radius 2 is 2.04 bits per heavy atom. The Morgan fingerprint density at radius 3 is 2.67 bits per heavy atom. The van der Waals surface area contributed by atoms with Crippen molar-refractivity contribution in [2.24, 2.45) is 0 Å². The normalized spacial score (nSPS) is 11.6. The second-order valence-electron chi connectivity index (χ2n) is 5.25. The predicted octanol–water partition coefficient (Wildman–Crippen LogP) is 3.51. The van der Waals surface area contributed by atoms with Crippen LogP contribution in [0.1, 0.15) is 42.2 Å². The van der Waals surface area contributed by atoms with Crippen LogP contribution in [0.4, 0.5) is 10.5 Å². The van der Waals surface area contributed by atoms with E-state index >= 15 is 0 Å². The van der Waals surface area contributed by atoms with Gasteiger partial charge >= 0.3 is 6.03 Å². The van der Waals surface area contributed by atoms with Gasteiger partial charge in [-0.15, -0.1) is 11.3 Å². The molecule has 0 fully saturated rings. The van der Waals surface area contributed by atoms with Crippen LogP contribution >= 0.6 is 11.3 Å². The first-order valence-electron chi connectivity index (χ1n) is 7.91. The molecule has 1 aromatic carbocycles. The van der Waals surface area contributed by atoms with E-state index in [1.807, 2.05) is 26.2 Å². The van der Waals surface area contributed by atoms with Crippen LogP contribution in [0.25, 0.3) is 0 Å². The molecular formula is C17H22N4O2S. The average molecular weight is 346 g/mol. The number of anilines is 1. The van der Waals surface area contributed by atoms with Gasteiger partial charge in [0.15, 0.2) is 0 Å². The van der Waals surface area contributed by atoms with Crippen molar-refractivity contribution < 1.29 is 9.59 Å². The molecule has 6 nitrogen and oxygen atoms in total. The third kappa shape index (κ3) is 4.55. The van der Waals surface area contributed by atoms with Gasteiger partial charge < -0.3 is 15.5 Å². The number of benzene rings is 1. The zero-order chi connectivity index (χ0) is 17.5. The SMILES string of the molecule is CCN(CC)C(=O)c1cccc(NC(=O)NC(C)c2nccs2)c1. The Hall–Kier alpha value is -2.41. The van der Waals surface area contributed by atoms with Gasteiger partial charge in [0.1, 0.15) is 5.01 Å². The second-order valence-corrected chi connectivity index (χ2v) is 6.17. The summed E-state index contributed by atoms with van der Waals surface area (Å²) in [5.74, 6) is -0.0415. The molecule has 2 aromatic rings. The van der Waals surface area contributed by atoms with Crippen LogP contribution in [0.5, 0.6) is 0 Å². The third-order valence-electron chi connectivity index (χ3n) is 3.59. The van der Waals surface area contributed by atoms with E-state index in [4.69, 9.17) is 0 Å². The Kier molecular flexibility index (Phi) is 6.31. The van der Waals surface area contributed by atoms with Crippen molar-refractivity contribution in [3.63, 3.8) is 0 Å². The van der Waals surface area contributed by atoms with Crippen LogP contribution in [0, 0.1) is 0 Å². The number of rotatable bonds is 6. The quantitative estimate of drug-likeness (QED) is 0.840. The maximum Gasteiger partial charge on any atom is 0.319 e. The van der Waals surface area contributed by atoms with Gasteiger partial charge in [-0.05, 0) is 39.0 Å². The van der Waals surface area contributed by atoms with Gasteiger partial charge in [-0.2, -0.15) is 0 Å². The van der Waals surface area contributed by atoms with Gasteiger partial charge in [0.05, 0.1) is 6.04 Å². The molecule has 1 heterocycles. The molecule has 24 heavy (non-hydrogen) atoms. The van der Waals surface area contributed by atoms with E-state index in [0.29, 0.717) is 24.3 Å². The van der Waals surface area contributed by atoms with Gasteiger partial charge in [-0.3, -0.25) is 4.79 Å². The molecule has 128 valence electrons. The fourth-order valence-electron chi connectivity index (χ4n) is 2.30. The molecule has 0 bridgehead atoms. The highest BCUT2D eigenvalue weighted by Gasteiger charge is 2.14. The number of nitrogens with one attached hydrogen (secondary N) is 2. The Balaban J connectivity index is 2.01. The number of urea groups is 1. The first kappa shape index (κ1) is 17.9. The molecule has 0 aliphatic heterocycles. The minimum Gasteiger partial charge on any atom is -0.339 e. The zero-order valence-corrected chi connectivity index (χ0v) is 14.9. The van der Waals surface area contributed by atoms with Gasteiger partial charge in [0.2, 0.25) is 0 Å². The van der Waals surface area contributed by atoms with Crippen molar-refractivity contribution in [3.8, 4) is 0 Å². The molecule has 0 aliphatic rings. The minimum absolute atomic E-state index is 0.0415. The number of thiazole rings is 1. The molecule has 1 aromatic heterocycles. The van der Waals surface area contributed by atoms with Crippen LogP contribution in [0.2, 0.25) is 0 Å². The van der Waals surface area contributed by atoms with Crippen LogP contribution in [-0.2, 0) is 0 Å². The smallest absolute Gasteiger partial charge is 0.319 e. The van der Waals surface area contributed by atoms with E-state index in [2.05, 4.69) is 15.6 Å². The summed E-state index contributed by atoms with van der Waals surface area (Å²) in [6.45, 7) is 7.06. The lowest BCUT2D eigenvalue weighted by Gasteiger charge is -2.19. The van der Waals surface area contributed by atoms with Crippen molar-refractivity contribution >= 4 is 29.0 Å². The molecule has 3 amide bonds. The Bertz CT molecular complexity index is 684. The highest BCUT2D eigenvalue weighted by molar-refractivity contribution is 7.09. The van der Waals surface area contributed by atoms with E-state index < -0.39 is 0 Å². The molecule has 0 spiro atoms. The van der Waals surface area contributed by atoms with Gasteiger partial charge in [0.25, 0.3) is 5.91 Å². The lowest BCUT2D eigenvalue weighted by atomic mass is 10.1. The minimum atomic E-state index is -0.329. The summed E-state index contributed by atoms with van der Waals surface area (Å²) in [7, 11) is 0. The highest BCUT2D eigenvalue weighted by atomic mass is 32.1. The topological polar surface area (TPSA) is 74.3 Å². The lowest BCUT2D eigenvalue weighted by Crippen LogP contribution is -2.32. The van der Waals surface area contributed by atoms with E-state index in [9.17, 15) is 9.59 Å². The number of hydrogen-bond donors (Lipinski definition) is 2. The molecule has 0 saturated carbocycles. The first-order valence-corrected chi connectivity index (χ1v) is 8.79. The van der Waals surface area contributed by atoms with Gasteiger partial charge in [-0.25, -0.2) is 9.78 Å². The van der Waals surface area contributed by atoms with Crippen LogP contribution < -0.4 is 10.6 Å². The Morgan fingerprint density at radius 1 is 1.29 bits per heavy atom. The molecule has 2 N–H and O–H groups in total. The van der Waals surface area contributed by atoms with Crippen molar-refractivity contribution in [2.75, 3.05) is 18.4 Å². The van der Waals surface area contributed by atoms with Crippen molar-refractivity contribution in [2.45, 2.75) is 26.8 Å². The summed E-state index contributed by atoms with van der Waals surface area (Å²) in [5.41, 5.74) is 1.14. The van der Waals surface area contributed by atoms with Gasteiger partial charge in [-0.1, -0.05) is 6.07 Å². The molecule has 1 unspecified atom stereocenters. The predicted molar refractivity (Wildman–Crippen MR) is 96.4 cm³/mol. The summed E-state index contributed by atoms with van der Waals surface area (Å²) in [6.07, 6.45) is 1.71. The van der Waals surface area contributed by atoms with E-state index in [1.54, 1.807) is 35.4 Å². The average Bonchev–Trinajstić information content (AvgIpc) is 3.10. The van der Waals surface area contributed by atoms with E-state index in [-0.39, 0.29) is 18.0 Å². The number of nitrogens with zero attached hydrogens (tertiary/aromatic N) is 2. The maximum absolute atomic E-state index is 12.4. The first-order chi connectivity index (χ1) is 11.5. The molecule has 0 aliphatic carbocycles. The van der Waals surface area contributed by atoms with Crippen molar-refractivity contribution in [1.82, 2.24) is 15.2 Å². The number of carbonyl (C=O) groups is 2. The number of amides is 3. The maximum atomic E-state index is 12.4. The van der Waals surface area contributed by atoms with E-state index in [0.717, 1.165) is 5.01 Å². The standard InChI is InChI=1S/C17H22N4O2S/c1-4-21(5-2)16(22)13-7-6-8-14(11-13)20-17(23)19-12(3)15-18-9-10-24-15/h6-12H,4-5H2,1-3H3,(H2,19,20,23). The lowest BCUT2D eigenvalue weighted by molar-refractivity contribution is 0.0773. The Labute approximate surface area is 145 Å². The van der Waals surface area contributed by atoms with Crippen LogP contribution in [0.3, 0.4) is 0 Å². The monoisotopic (exact) mass is 346 g/mol. The van der Waals surface area contributed by atoms with E-state index in [1.165, 1.54) is 11.3 Å². The number of carbonyl (C=O) groups excluding carboxylic acids is 2. The fraction of sp³-hybridized carbons (Fsp3) is 0.353. The van der Waals surface area contributed by atoms with Crippen LogP contribution in [0.15, 0.2) is 35.8 Å². The second kappa shape index (κ2) is 8.44. The summed E-state index contributed by atoms with van der Waals surface area (Å²) < 4.78 is 0. The highest BCUT2D eigenvalue weighted by Crippen LogP contribution is 2.16. The third-order valence-corrected chi connectivity index (χ3v) is 4.55. The van der Waals surface area contributed by atoms with Crippen molar-refractivity contribution in [1.29, 1.82) is 0 Å². The van der Waals surface area contributed by atoms with Crippen LogP contribution in [-0.4, -0.2) is 34.9 Å². The molecule has 7 heteroatoms. The number of hydrogen-bond acceptors (Lipinski definition) is 4. The van der Waals surface area contributed by atoms with Gasteiger partial charge in [0, 0.05) is 35.9 Å². The fourth-order valence-corrected chi connectivity index (χ4v) is 2.94. The summed E-state index contributed by atoms with van der Waals surface area (Å²) in [4.78, 5) is 30.4. The number of aromatic nitrogens is 1.